The highest BCUT2D eigenvalue weighted by molar-refractivity contribution is 5.96. The molecule has 3 atom stereocenters. The van der Waals surface area contributed by atoms with Crippen LogP contribution in [0, 0.1) is 17.8 Å². The third kappa shape index (κ3) is 3.83. The molecule has 2 N–H and O–H groups in total. The maximum Gasteiger partial charge on any atom is 0.306 e. The van der Waals surface area contributed by atoms with Crippen LogP contribution >= 0.6 is 0 Å². The van der Waals surface area contributed by atoms with Gasteiger partial charge in [0.1, 0.15) is 0 Å². The second kappa shape index (κ2) is 7.25. The van der Waals surface area contributed by atoms with E-state index in [0.717, 1.165) is 11.3 Å². The van der Waals surface area contributed by atoms with Crippen molar-refractivity contribution in [1.82, 2.24) is 4.90 Å². The number of piperidine rings is 1. The lowest BCUT2D eigenvalue weighted by molar-refractivity contribution is -0.148. The van der Waals surface area contributed by atoms with Crippen LogP contribution in [-0.4, -0.2) is 40.9 Å². The number of carboxylic acid groups (broad SMARTS) is 1. The molecule has 0 radical (unpaired) electrons. The van der Waals surface area contributed by atoms with E-state index in [2.05, 4.69) is 5.32 Å². The van der Waals surface area contributed by atoms with Gasteiger partial charge in [-0.15, -0.1) is 0 Å². The first kappa shape index (κ1) is 17.5. The number of carbonyl (C=O) groups is 3. The zero-order chi connectivity index (χ0) is 18.0. The van der Waals surface area contributed by atoms with Gasteiger partial charge in [-0.1, -0.05) is 25.1 Å². The summed E-state index contributed by atoms with van der Waals surface area (Å²) in [5, 5.41) is 12.1. The first-order valence-corrected chi connectivity index (χ1v) is 8.85. The standard InChI is InChI=1S/C19H24N2O4/c1-12-11-21(9-8-15(12)19(24)25)17(22)7-6-14-10-13-4-2-3-5-16(13)20-18(14)23/h2-5,12,14-15H,6-11H2,1H3,(H,20,23)(H,24,25)/t12-,14?,15+/m1/s1. The van der Waals surface area contributed by atoms with Crippen LogP contribution in [0.25, 0.3) is 0 Å². The van der Waals surface area contributed by atoms with E-state index in [1.54, 1.807) is 4.90 Å². The molecule has 3 rings (SSSR count). The third-order valence-electron chi connectivity index (χ3n) is 5.39. The smallest absolute Gasteiger partial charge is 0.306 e. The number of hydrogen-bond donors (Lipinski definition) is 2. The summed E-state index contributed by atoms with van der Waals surface area (Å²) in [7, 11) is 0. The van der Waals surface area contributed by atoms with E-state index in [9.17, 15) is 14.4 Å². The first-order valence-electron chi connectivity index (χ1n) is 8.85. The highest BCUT2D eigenvalue weighted by atomic mass is 16.4. The molecule has 1 aromatic carbocycles. The van der Waals surface area contributed by atoms with Crippen LogP contribution in [0.15, 0.2) is 24.3 Å². The van der Waals surface area contributed by atoms with E-state index in [4.69, 9.17) is 5.11 Å². The van der Waals surface area contributed by atoms with Crippen molar-refractivity contribution in [2.75, 3.05) is 18.4 Å². The minimum atomic E-state index is -0.780. The number of hydrogen-bond acceptors (Lipinski definition) is 3. The predicted molar refractivity (Wildman–Crippen MR) is 93.0 cm³/mol. The molecule has 2 heterocycles. The van der Waals surface area contributed by atoms with E-state index in [0.29, 0.717) is 38.8 Å². The fraction of sp³-hybridized carbons (Fsp3) is 0.526. The highest BCUT2D eigenvalue weighted by Gasteiger charge is 2.33. The van der Waals surface area contributed by atoms with Crippen LogP contribution in [0.4, 0.5) is 5.69 Å². The van der Waals surface area contributed by atoms with Crippen molar-refractivity contribution >= 4 is 23.5 Å². The first-order chi connectivity index (χ1) is 12.0. The van der Waals surface area contributed by atoms with Gasteiger partial charge in [-0.2, -0.15) is 0 Å². The van der Waals surface area contributed by atoms with Gasteiger partial charge in [0.2, 0.25) is 11.8 Å². The van der Waals surface area contributed by atoms with Crippen LogP contribution in [0.1, 0.15) is 31.7 Å². The molecule has 0 saturated carbocycles. The minimum Gasteiger partial charge on any atom is -0.481 e. The quantitative estimate of drug-likeness (QED) is 0.876. The molecule has 0 spiro atoms. The number of nitrogens with one attached hydrogen (secondary N) is 1. The number of fused-ring (bicyclic) bond motifs is 1. The van der Waals surface area contributed by atoms with Gasteiger partial charge < -0.3 is 15.3 Å². The molecule has 2 aliphatic rings. The maximum absolute atomic E-state index is 12.5. The maximum atomic E-state index is 12.5. The average molecular weight is 344 g/mol. The van der Waals surface area contributed by atoms with Gasteiger partial charge in [-0.25, -0.2) is 0 Å². The number of carboxylic acids is 1. The summed E-state index contributed by atoms with van der Waals surface area (Å²) < 4.78 is 0. The lowest BCUT2D eigenvalue weighted by Gasteiger charge is -2.35. The molecule has 134 valence electrons. The van der Waals surface area contributed by atoms with E-state index >= 15 is 0 Å². The Morgan fingerprint density at radius 2 is 2.08 bits per heavy atom. The Labute approximate surface area is 147 Å². The van der Waals surface area contributed by atoms with Gasteiger partial charge in [0, 0.05) is 31.1 Å². The van der Waals surface area contributed by atoms with Crippen molar-refractivity contribution in [3.05, 3.63) is 29.8 Å². The molecule has 0 aromatic heterocycles. The van der Waals surface area contributed by atoms with Crippen LogP contribution in [0.2, 0.25) is 0 Å². The minimum absolute atomic E-state index is 0.0161. The van der Waals surface area contributed by atoms with Gasteiger partial charge in [0.15, 0.2) is 0 Å². The van der Waals surface area contributed by atoms with Gasteiger partial charge in [-0.3, -0.25) is 14.4 Å². The molecule has 2 aliphatic heterocycles. The lowest BCUT2D eigenvalue weighted by Crippen LogP contribution is -2.45. The Morgan fingerprint density at radius 1 is 1.32 bits per heavy atom. The van der Waals surface area contributed by atoms with Crippen molar-refractivity contribution in [2.45, 2.75) is 32.6 Å². The van der Waals surface area contributed by atoms with Crippen molar-refractivity contribution in [2.24, 2.45) is 17.8 Å². The monoisotopic (exact) mass is 344 g/mol. The molecule has 0 aliphatic carbocycles. The molecular formula is C19H24N2O4. The van der Waals surface area contributed by atoms with Crippen LogP contribution in [-0.2, 0) is 20.8 Å². The van der Waals surface area contributed by atoms with Gasteiger partial charge in [0.25, 0.3) is 0 Å². The molecule has 1 aromatic rings. The number of aliphatic carboxylic acids is 1. The number of carbonyl (C=O) groups excluding carboxylic acids is 2. The zero-order valence-corrected chi connectivity index (χ0v) is 14.4. The average Bonchev–Trinajstić information content (AvgIpc) is 2.59. The second-order valence-corrected chi connectivity index (χ2v) is 7.14. The number of rotatable bonds is 4. The fourth-order valence-corrected chi connectivity index (χ4v) is 3.84. The van der Waals surface area contributed by atoms with Gasteiger partial charge in [-0.05, 0) is 36.8 Å². The number of nitrogens with zero attached hydrogens (tertiary/aromatic N) is 1. The molecule has 1 saturated heterocycles. The van der Waals surface area contributed by atoms with Crippen molar-refractivity contribution in [1.29, 1.82) is 0 Å². The fourth-order valence-electron chi connectivity index (χ4n) is 3.84. The summed E-state index contributed by atoms with van der Waals surface area (Å²) in [4.78, 5) is 37.6. The lowest BCUT2D eigenvalue weighted by atomic mass is 9.86. The molecule has 25 heavy (non-hydrogen) atoms. The normalized spacial score (nSPS) is 25.9. The molecule has 2 amide bonds. The summed E-state index contributed by atoms with van der Waals surface area (Å²) in [6.07, 6.45) is 2.00. The Hall–Kier alpha value is -2.37. The topological polar surface area (TPSA) is 86.7 Å². The van der Waals surface area contributed by atoms with Crippen molar-refractivity contribution in [3.8, 4) is 0 Å². The molecular weight excluding hydrogens is 320 g/mol. The molecule has 6 nitrogen and oxygen atoms in total. The van der Waals surface area contributed by atoms with Gasteiger partial charge >= 0.3 is 5.97 Å². The summed E-state index contributed by atoms with van der Waals surface area (Å²) >= 11 is 0. The van der Waals surface area contributed by atoms with Crippen LogP contribution < -0.4 is 5.32 Å². The van der Waals surface area contributed by atoms with E-state index in [-0.39, 0.29) is 29.6 Å². The molecule has 6 heteroatoms. The summed E-state index contributed by atoms with van der Waals surface area (Å²) in [5.74, 6) is -1.39. The van der Waals surface area contributed by atoms with E-state index in [1.807, 2.05) is 31.2 Å². The Morgan fingerprint density at radius 3 is 2.80 bits per heavy atom. The number of para-hydroxylation sites is 1. The van der Waals surface area contributed by atoms with Gasteiger partial charge in [0.05, 0.1) is 5.92 Å². The number of anilines is 1. The number of benzene rings is 1. The Kier molecular flexibility index (Phi) is 5.06. The van der Waals surface area contributed by atoms with E-state index in [1.165, 1.54) is 0 Å². The molecule has 1 fully saturated rings. The Bertz CT molecular complexity index is 688. The summed E-state index contributed by atoms with van der Waals surface area (Å²) in [6.45, 7) is 2.85. The summed E-state index contributed by atoms with van der Waals surface area (Å²) in [5.41, 5.74) is 1.97. The number of amides is 2. The second-order valence-electron chi connectivity index (χ2n) is 7.14. The Balaban J connectivity index is 1.53. The van der Waals surface area contributed by atoms with Crippen LogP contribution in [0.5, 0.6) is 0 Å². The van der Waals surface area contributed by atoms with Crippen molar-refractivity contribution in [3.63, 3.8) is 0 Å². The molecule has 0 bridgehead atoms. The van der Waals surface area contributed by atoms with Crippen molar-refractivity contribution < 1.29 is 19.5 Å². The molecule has 1 unspecified atom stereocenters. The van der Waals surface area contributed by atoms with Crippen LogP contribution in [0.3, 0.4) is 0 Å². The number of likely N-dealkylation sites (tertiary alicyclic amines) is 1. The zero-order valence-electron chi connectivity index (χ0n) is 14.4. The SMILES string of the molecule is C[C@@H]1CN(C(=O)CCC2Cc3ccccc3NC2=O)CC[C@@H]1C(=O)O. The third-order valence-corrected chi connectivity index (χ3v) is 5.39. The largest absolute Gasteiger partial charge is 0.481 e. The van der Waals surface area contributed by atoms with E-state index < -0.39 is 5.97 Å². The summed E-state index contributed by atoms with van der Waals surface area (Å²) in [6, 6.07) is 7.74. The predicted octanol–water partition coefficient (Wildman–Crippen LogP) is 2.15. The highest BCUT2D eigenvalue weighted by Crippen LogP contribution is 2.28.